The molecule has 0 saturated carbocycles. The third kappa shape index (κ3) is 6.56. The van der Waals surface area contributed by atoms with Gasteiger partial charge in [-0.25, -0.2) is 14.1 Å². The third-order valence-corrected chi connectivity index (χ3v) is 6.60. The van der Waals surface area contributed by atoms with E-state index in [-0.39, 0.29) is 43.6 Å². The van der Waals surface area contributed by atoms with Crippen LogP contribution >= 0.6 is 0 Å². The number of morpholine rings is 1. The summed E-state index contributed by atoms with van der Waals surface area (Å²) in [6.07, 6.45) is 3.53. The molecule has 2 aliphatic rings. The first-order valence-corrected chi connectivity index (χ1v) is 12.3. The molecule has 190 valence electrons. The zero-order chi connectivity index (χ0) is 24.8. The molecule has 9 nitrogen and oxygen atoms in total. The molecule has 0 radical (unpaired) electrons. The lowest BCUT2D eigenvalue weighted by Gasteiger charge is -2.43. The molecule has 10 heteroatoms. The van der Waals surface area contributed by atoms with E-state index in [1.165, 1.54) is 12.1 Å². The Hall–Kier alpha value is -3.01. The second kappa shape index (κ2) is 11.2. The number of carbonyl (C=O) groups excluding carboxylic acids is 2. The van der Waals surface area contributed by atoms with Gasteiger partial charge in [0.25, 0.3) is 0 Å². The number of hydrogen-bond donors (Lipinski definition) is 0. The van der Waals surface area contributed by atoms with Crippen LogP contribution in [0.2, 0.25) is 0 Å². The summed E-state index contributed by atoms with van der Waals surface area (Å²) in [5.74, 6) is 1.56. The average molecular weight is 488 g/mol. The van der Waals surface area contributed by atoms with Crippen LogP contribution in [0.15, 0.2) is 24.3 Å². The number of benzene rings is 1. The molecule has 0 bridgehead atoms. The van der Waals surface area contributed by atoms with Crippen LogP contribution in [0.1, 0.15) is 43.8 Å². The van der Waals surface area contributed by atoms with Crippen molar-refractivity contribution < 1.29 is 23.5 Å². The predicted octanol–water partition coefficient (Wildman–Crippen LogP) is 2.50. The average Bonchev–Trinajstić information content (AvgIpc) is 3.19. The Labute approximate surface area is 205 Å². The zero-order valence-electron chi connectivity index (χ0n) is 20.5. The molecule has 2 fully saturated rings. The van der Waals surface area contributed by atoms with Crippen LogP contribution in [0.3, 0.4) is 0 Å². The second-order valence-corrected chi connectivity index (χ2v) is 9.39. The van der Waals surface area contributed by atoms with Crippen molar-refractivity contribution in [2.45, 2.75) is 58.1 Å². The summed E-state index contributed by atoms with van der Waals surface area (Å²) >= 11 is 0. The number of likely N-dealkylation sites (tertiary alicyclic amines) is 1. The van der Waals surface area contributed by atoms with E-state index in [2.05, 4.69) is 10.1 Å². The van der Waals surface area contributed by atoms with E-state index in [0.29, 0.717) is 31.3 Å². The monoisotopic (exact) mass is 487 g/mol. The topological polar surface area (TPSA) is 89.8 Å². The molecule has 0 N–H and O–H groups in total. The molecule has 2 amide bonds. The highest BCUT2D eigenvalue weighted by atomic mass is 19.1. The van der Waals surface area contributed by atoms with Gasteiger partial charge < -0.3 is 19.3 Å². The number of hydrogen-bond acceptors (Lipinski definition) is 6. The first-order chi connectivity index (χ1) is 16.8. The minimum atomic E-state index is -0.976. The number of ether oxygens (including phenoxy) is 2. The standard InChI is InChI=1S/C25H34FN5O4/c1-19-27-20(2)31(28-19)13-10-23(32)30-14-15-35-25(17-30,16-24(33)29-11-4-3-5-12-29)18-34-22-8-6-21(26)7-9-22/h6-9H,3-5,10-18H2,1-2H3. The van der Waals surface area contributed by atoms with Crippen molar-refractivity contribution in [2.24, 2.45) is 0 Å². The van der Waals surface area contributed by atoms with Crippen LogP contribution in [0.5, 0.6) is 5.75 Å². The van der Waals surface area contributed by atoms with E-state index in [1.807, 2.05) is 18.7 Å². The van der Waals surface area contributed by atoms with E-state index in [9.17, 15) is 14.0 Å². The summed E-state index contributed by atoms with van der Waals surface area (Å²) in [6, 6.07) is 5.74. The van der Waals surface area contributed by atoms with Crippen LogP contribution in [0, 0.1) is 19.7 Å². The minimum Gasteiger partial charge on any atom is -0.490 e. The van der Waals surface area contributed by atoms with Crippen molar-refractivity contribution in [1.29, 1.82) is 0 Å². The summed E-state index contributed by atoms with van der Waals surface area (Å²) in [5, 5.41) is 4.33. The molecular formula is C25H34FN5O4. The number of nitrogens with zero attached hydrogens (tertiary/aromatic N) is 5. The molecule has 3 heterocycles. The summed E-state index contributed by atoms with van der Waals surface area (Å²) in [5.41, 5.74) is -0.976. The Bertz CT molecular complexity index is 1020. The van der Waals surface area contributed by atoms with Gasteiger partial charge in [0, 0.05) is 26.1 Å². The van der Waals surface area contributed by atoms with Gasteiger partial charge in [0.05, 0.1) is 26.1 Å². The summed E-state index contributed by atoms with van der Waals surface area (Å²) in [7, 11) is 0. The molecule has 4 rings (SSSR count). The number of piperidine rings is 1. The van der Waals surface area contributed by atoms with Crippen molar-refractivity contribution in [3.05, 3.63) is 41.7 Å². The number of aromatic nitrogens is 3. The Morgan fingerprint density at radius 2 is 1.80 bits per heavy atom. The van der Waals surface area contributed by atoms with E-state index < -0.39 is 5.60 Å². The number of rotatable bonds is 8. The Morgan fingerprint density at radius 1 is 1.06 bits per heavy atom. The number of aryl methyl sites for hydroxylation is 3. The highest BCUT2D eigenvalue weighted by Crippen LogP contribution is 2.27. The fourth-order valence-electron chi connectivity index (χ4n) is 4.71. The first kappa shape index (κ1) is 25.1. The van der Waals surface area contributed by atoms with Crippen LogP contribution in [0.4, 0.5) is 4.39 Å². The second-order valence-electron chi connectivity index (χ2n) is 9.39. The number of carbonyl (C=O) groups is 2. The van der Waals surface area contributed by atoms with E-state index in [1.54, 1.807) is 21.7 Å². The molecule has 2 aliphatic heterocycles. The van der Waals surface area contributed by atoms with Gasteiger partial charge in [0.1, 0.15) is 35.4 Å². The maximum Gasteiger partial charge on any atom is 0.225 e. The van der Waals surface area contributed by atoms with E-state index >= 15 is 0 Å². The van der Waals surface area contributed by atoms with Gasteiger partial charge in [0.15, 0.2) is 0 Å². The van der Waals surface area contributed by atoms with E-state index in [0.717, 1.165) is 38.2 Å². The molecule has 1 atom stereocenters. The van der Waals surface area contributed by atoms with Crippen molar-refractivity contribution in [3.8, 4) is 5.75 Å². The van der Waals surface area contributed by atoms with Crippen LogP contribution in [-0.4, -0.2) is 81.4 Å². The molecule has 0 spiro atoms. The summed E-state index contributed by atoms with van der Waals surface area (Å²) in [4.78, 5) is 34.2. The number of halogens is 1. The SMILES string of the molecule is Cc1nc(C)n(CCC(=O)N2CCOC(COc3ccc(F)cc3)(CC(=O)N3CCCCC3)C2)n1. The Kier molecular flexibility index (Phi) is 8.00. The molecule has 35 heavy (non-hydrogen) atoms. The Balaban J connectivity index is 1.45. The minimum absolute atomic E-state index is 0.00965. The van der Waals surface area contributed by atoms with Gasteiger partial charge in [-0.15, -0.1) is 0 Å². The van der Waals surface area contributed by atoms with Gasteiger partial charge >= 0.3 is 0 Å². The molecule has 2 saturated heterocycles. The quantitative estimate of drug-likeness (QED) is 0.569. The highest BCUT2D eigenvalue weighted by Gasteiger charge is 2.42. The fraction of sp³-hybridized carbons (Fsp3) is 0.600. The van der Waals surface area contributed by atoms with Crippen molar-refractivity contribution in [2.75, 3.05) is 39.4 Å². The van der Waals surface area contributed by atoms with Gasteiger partial charge in [-0.3, -0.25) is 9.59 Å². The largest absolute Gasteiger partial charge is 0.490 e. The van der Waals surface area contributed by atoms with Crippen LogP contribution < -0.4 is 4.74 Å². The van der Waals surface area contributed by atoms with Gasteiger partial charge in [0.2, 0.25) is 11.8 Å². The van der Waals surface area contributed by atoms with Gasteiger partial charge in [-0.05, 0) is 57.4 Å². The predicted molar refractivity (Wildman–Crippen MR) is 126 cm³/mol. The lowest BCUT2D eigenvalue weighted by atomic mass is 9.96. The smallest absolute Gasteiger partial charge is 0.225 e. The molecule has 1 aromatic heterocycles. The molecule has 1 aromatic carbocycles. The van der Waals surface area contributed by atoms with Crippen molar-refractivity contribution in [3.63, 3.8) is 0 Å². The molecule has 1 unspecified atom stereocenters. The normalized spacial score (nSPS) is 20.7. The summed E-state index contributed by atoms with van der Waals surface area (Å²) < 4.78 is 27.2. The molecule has 0 aliphatic carbocycles. The van der Waals surface area contributed by atoms with Crippen LogP contribution in [-0.2, 0) is 20.9 Å². The third-order valence-electron chi connectivity index (χ3n) is 6.60. The summed E-state index contributed by atoms with van der Waals surface area (Å²) in [6.45, 7) is 6.71. The Morgan fingerprint density at radius 3 is 2.49 bits per heavy atom. The lowest BCUT2D eigenvalue weighted by molar-refractivity contribution is -0.166. The van der Waals surface area contributed by atoms with E-state index in [4.69, 9.17) is 9.47 Å². The van der Waals surface area contributed by atoms with Crippen molar-refractivity contribution >= 4 is 11.8 Å². The zero-order valence-corrected chi connectivity index (χ0v) is 20.5. The van der Waals surface area contributed by atoms with Gasteiger partial charge in [-0.1, -0.05) is 0 Å². The lowest BCUT2D eigenvalue weighted by Crippen LogP contribution is -2.58. The van der Waals surface area contributed by atoms with Crippen LogP contribution in [0.25, 0.3) is 0 Å². The number of amides is 2. The maximum atomic E-state index is 13.3. The molecule has 2 aromatic rings. The van der Waals surface area contributed by atoms with Crippen molar-refractivity contribution in [1.82, 2.24) is 24.6 Å². The van der Waals surface area contributed by atoms with Gasteiger partial charge in [-0.2, -0.15) is 5.10 Å². The maximum absolute atomic E-state index is 13.3. The first-order valence-electron chi connectivity index (χ1n) is 12.3. The highest BCUT2D eigenvalue weighted by molar-refractivity contribution is 5.79. The fourth-order valence-corrected chi connectivity index (χ4v) is 4.71. The molecular weight excluding hydrogens is 453 g/mol.